The quantitative estimate of drug-likeness (QED) is 0.629. The first-order chi connectivity index (χ1) is 9.19. The van der Waals surface area contributed by atoms with Gasteiger partial charge in [-0.1, -0.05) is 6.07 Å². The van der Waals surface area contributed by atoms with Crippen LogP contribution in [0.25, 0.3) is 0 Å². The zero-order valence-electron chi connectivity index (χ0n) is 10.7. The molecule has 2 rings (SSSR count). The number of hydrogen-bond donors (Lipinski definition) is 2. The van der Waals surface area contributed by atoms with Gasteiger partial charge < -0.3 is 15.2 Å². The number of methoxy groups -OCH3 is 1. The van der Waals surface area contributed by atoms with E-state index in [0.29, 0.717) is 23.7 Å². The van der Waals surface area contributed by atoms with E-state index in [2.05, 4.69) is 11.4 Å². The summed E-state index contributed by atoms with van der Waals surface area (Å²) in [6.45, 7) is 0.588. The molecule has 2 aromatic rings. The van der Waals surface area contributed by atoms with Gasteiger partial charge in [-0.3, -0.25) is 5.41 Å². The van der Waals surface area contributed by atoms with E-state index in [1.807, 2.05) is 6.07 Å². The van der Waals surface area contributed by atoms with Crippen LogP contribution < -0.4 is 15.2 Å². The van der Waals surface area contributed by atoms with E-state index in [-0.39, 0.29) is 5.84 Å². The van der Waals surface area contributed by atoms with Crippen LogP contribution in [-0.2, 0) is 6.42 Å². The molecular weight excluding hydrogens is 260 g/mol. The van der Waals surface area contributed by atoms with Gasteiger partial charge in [-0.05, 0) is 23.6 Å². The van der Waals surface area contributed by atoms with Gasteiger partial charge in [-0.15, -0.1) is 11.3 Å². The lowest BCUT2D eigenvalue weighted by atomic mass is 10.2. The number of thiophene rings is 1. The first kappa shape index (κ1) is 13.4. The zero-order chi connectivity index (χ0) is 13.7. The second-order valence-corrected chi connectivity index (χ2v) is 5.02. The number of rotatable bonds is 6. The lowest BCUT2D eigenvalue weighted by Gasteiger charge is -2.09. The Hall–Kier alpha value is -2.01. The van der Waals surface area contributed by atoms with Gasteiger partial charge in [-0.25, -0.2) is 0 Å². The molecule has 3 N–H and O–H groups in total. The molecule has 0 unspecified atom stereocenters. The van der Waals surface area contributed by atoms with Crippen molar-refractivity contribution < 1.29 is 9.47 Å². The van der Waals surface area contributed by atoms with Crippen LogP contribution >= 0.6 is 11.3 Å². The summed E-state index contributed by atoms with van der Waals surface area (Å²) >= 11 is 1.71. The fourth-order valence-electron chi connectivity index (χ4n) is 1.65. The van der Waals surface area contributed by atoms with Crippen molar-refractivity contribution >= 4 is 17.2 Å². The minimum absolute atomic E-state index is 0.00186. The molecule has 100 valence electrons. The number of benzene rings is 1. The largest absolute Gasteiger partial charge is 0.497 e. The molecule has 19 heavy (non-hydrogen) atoms. The second kappa shape index (κ2) is 6.24. The summed E-state index contributed by atoms with van der Waals surface area (Å²) in [6, 6.07) is 9.37. The summed E-state index contributed by atoms with van der Waals surface area (Å²) in [6.07, 6.45) is 0.865. The Bertz CT molecular complexity index is 553. The van der Waals surface area contributed by atoms with E-state index >= 15 is 0 Å². The molecule has 1 aromatic carbocycles. The lowest BCUT2D eigenvalue weighted by Crippen LogP contribution is -2.11. The molecule has 1 aromatic heterocycles. The highest BCUT2D eigenvalue weighted by atomic mass is 32.1. The van der Waals surface area contributed by atoms with Crippen LogP contribution in [0.15, 0.2) is 35.7 Å². The van der Waals surface area contributed by atoms with Gasteiger partial charge in [0.05, 0.1) is 13.7 Å². The molecule has 0 aliphatic carbocycles. The second-order valence-electron chi connectivity index (χ2n) is 3.99. The van der Waals surface area contributed by atoms with E-state index in [9.17, 15) is 0 Å². The third-order valence-corrected chi connectivity index (χ3v) is 3.56. The summed E-state index contributed by atoms with van der Waals surface area (Å²) in [5.74, 6) is 1.31. The molecule has 0 atom stereocenters. The molecule has 1 heterocycles. The van der Waals surface area contributed by atoms with E-state index < -0.39 is 0 Å². The average molecular weight is 276 g/mol. The van der Waals surface area contributed by atoms with Gasteiger partial charge in [0, 0.05) is 22.9 Å². The van der Waals surface area contributed by atoms with Crippen molar-refractivity contribution in [1.82, 2.24) is 0 Å². The van der Waals surface area contributed by atoms with E-state index in [1.165, 1.54) is 4.88 Å². The van der Waals surface area contributed by atoms with Crippen LogP contribution in [0, 0.1) is 5.41 Å². The molecule has 0 fully saturated rings. The molecule has 0 aliphatic heterocycles. The van der Waals surface area contributed by atoms with E-state index in [4.69, 9.17) is 20.6 Å². The maximum atomic E-state index is 7.46. The Morgan fingerprint density at radius 1 is 1.32 bits per heavy atom. The smallest absolute Gasteiger partial charge is 0.123 e. The number of nitrogens with one attached hydrogen (secondary N) is 1. The van der Waals surface area contributed by atoms with Gasteiger partial charge in [0.2, 0.25) is 0 Å². The fourth-order valence-corrected chi connectivity index (χ4v) is 2.34. The maximum Gasteiger partial charge on any atom is 0.123 e. The van der Waals surface area contributed by atoms with Crippen LogP contribution in [0.5, 0.6) is 11.5 Å². The van der Waals surface area contributed by atoms with Gasteiger partial charge in [0.1, 0.15) is 17.3 Å². The molecule has 0 bridgehead atoms. The van der Waals surface area contributed by atoms with Crippen molar-refractivity contribution in [2.45, 2.75) is 6.42 Å². The number of ether oxygens (including phenoxy) is 2. The minimum atomic E-state index is 0.00186. The van der Waals surface area contributed by atoms with Crippen LogP contribution in [0.2, 0.25) is 0 Å². The van der Waals surface area contributed by atoms with Gasteiger partial charge in [0.25, 0.3) is 0 Å². The molecule has 0 saturated heterocycles. The summed E-state index contributed by atoms with van der Waals surface area (Å²) in [7, 11) is 1.58. The topological polar surface area (TPSA) is 68.3 Å². The zero-order valence-corrected chi connectivity index (χ0v) is 11.5. The first-order valence-corrected chi connectivity index (χ1v) is 6.75. The van der Waals surface area contributed by atoms with Crippen molar-refractivity contribution in [2.24, 2.45) is 5.73 Å². The molecular formula is C14H16N2O2S. The monoisotopic (exact) mass is 276 g/mol. The molecule has 0 spiro atoms. The van der Waals surface area contributed by atoms with Crippen LogP contribution in [0.4, 0.5) is 0 Å². The van der Waals surface area contributed by atoms with Crippen molar-refractivity contribution in [2.75, 3.05) is 13.7 Å². The van der Waals surface area contributed by atoms with Crippen LogP contribution in [0.3, 0.4) is 0 Å². The van der Waals surface area contributed by atoms with E-state index in [1.54, 1.807) is 36.6 Å². The summed E-state index contributed by atoms with van der Waals surface area (Å²) in [5, 5.41) is 9.51. The Labute approximate surface area is 116 Å². The number of nitrogens with two attached hydrogens (primary N) is 1. The number of nitrogen functional groups attached to an aromatic ring is 1. The fraction of sp³-hybridized carbons (Fsp3) is 0.214. The Kier molecular flexibility index (Phi) is 4.41. The normalized spacial score (nSPS) is 10.2. The molecule has 0 amide bonds. The van der Waals surface area contributed by atoms with E-state index in [0.717, 1.165) is 6.42 Å². The Morgan fingerprint density at radius 2 is 2.11 bits per heavy atom. The number of amidine groups is 1. The van der Waals surface area contributed by atoms with Gasteiger partial charge >= 0.3 is 0 Å². The summed E-state index contributed by atoms with van der Waals surface area (Å²) < 4.78 is 10.9. The summed E-state index contributed by atoms with van der Waals surface area (Å²) in [4.78, 5) is 1.29. The third kappa shape index (κ3) is 3.72. The molecule has 0 radical (unpaired) electrons. The van der Waals surface area contributed by atoms with Crippen molar-refractivity contribution in [3.05, 3.63) is 46.2 Å². The molecule has 5 heteroatoms. The predicted molar refractivity (Wildman–Crippen MR) is 77.5 cm³/mol. The Morgan fingerprint density at radius 3 is 2.74 bits per heavy atom. The van der Waals surface area contributed by atoms with Gasteiger partial charge in [-0.2, -0.15) is 0 Å². The van der Waals surface area contributed by atoms with Crippen molar-refractivity contribution in [3.63, 3.8) is 0 Å². The third-order valence-electron chi connectivity index (χ3n) is 2.62. The van der Waals surface area contributed by atoms with Crippen molar-refractivity contribution in [3.8, 4) is 11.5 Å². The SMILES string of the molecule is COc1cc(OCCc2cccs2)cc(C(=N)N)c1. The standard InChI is InChI=1S/C14H16N2O2S/c1-17-11-7-10(14(15)16)8-12(9-11)18-5-4-13-3-2-6-19-13/h2-3,6-9H,4-5H2,1H3,(H3,15,16). The Balaban J connectivity index is 2.02. The van der Waals surface area contributed by atoms with Crippen molar-refractivity contribution in [1.29, 1.82) is 5.41 Å². The average Bonchev–Trinajstić information content (AvgIpc) is 2.91. The molecule has 4 nitrogen and oxygen atoms in total. The highest BCUT2D eigenvalue weighted by Gasteiger charge is 2.05. The van der Waals surface area contributed by atoms with Gasteiger partial charge in [0.15, 0.2) is 0 Å². The predicted octanol–water partition coefficient (Wildman–Crippen LogP) is 2.66. The number of hydrogen-bond acceptors (Lipinski definition) is 4. The van der Waals surface area contributed by atoms with Crippen LogP contribution in [-0.4, -0.2) is 19.6 Å². The minimum Gasteiger partial charge on any atom is -0.497 e. The highest BCUT2D eigenvalue weighted by Crippen LogP contribution is 2.23. The first-order valence-electron chi connectivity index (χ1n) is 5.87. The lowest BCUT2D eigenvalue weighted by molar-refractivity contribution is 0.320. The highest BCUT2D eigenvalue weighted by molar-refractivity contribution is 7.09. The maximum absolute atomic E-state index is 7.46. The molecule has 0 aliphatic rings. The van der Waals surface area contributed by atoms with Crippen LogP contribution in [0.1, 0.15) is 10.4 Å². The summed E-state index contributed by atoms with van der Waals surface area (Å²) in [5.41, 5.74) is 6.09. The molecule has 0 saturated carbocycles.